The fraction of sp³-hybridized carbons (Fsp3) is 0.235. The SMILES string of the molecule is CCN(Cc1ccc2c(c1)OCO2)C(=O)c1cc(F)c(F)cc1Cl. The molecule has 2 aromatic rings. The fourth-order valence-corrected chi connectivity index (χ4v) is 2.67. The Morgan fingerprint density at radius 2 is 1.88 bits per heavy atom. The van der Waals surface area contributed by atoms with Crippen LogP contribution < -0.4 is 9.47 Å². The van der Waals surface area contributed by atoms with E-state index in [1.165, 1.54) is 4.90 Å². The summed E-state index contributed by atoms with van der Waals surface area (Å²) in [6.45, 7) is 2.61. The molecule has 0 aliphatic carbocycles. The molecule has 0 aromatic heterocycles. The molecule has 0 unspecified atom stereocenters. The Labute approximate surface area is 142 Å². The Kier molecular flexibility index (Phi) is 4.57. The number of ether oxygens (including phenoxy) is 2. The van der Waals surface area contributed by atoms with Gasteiger partial charge >= 0.3 is 0 Å². The van der Waals surface area contributed by atoms with E-state index in [0.29, 0.717) is 18.0 Å². The number of carbonyl (C=O) groups is 1. The molecule has 24 heavy (non-hydrogen) atoms. The van der Waals surface area contributed by atoms with Gasteiger partial charge in [-0.1, -0.05) is 17.7 Å². The van der Waals surface area contributed by atoms with E-state index in [1.807, 2.05) is 6.07 Å². The Morgan fingerprint density at radius 3 is 2.62 bits per heavy atom. The van der Waals surface area contributed by atoms with Gasteiger partial charge in [0.15, 0.2) is 23.1 Å². The first-order chi connectivity index (χ1) is 11.5. The minimum absolute atomic E-state index is 0.0711. The van der Waals surface area contributed by atoms with Crippen molar-refractivity contribution in [2.75, 3.05) is 13.3 Å². The third-order valence-corrected chi connectivity index (χ3v) is 4.03. The highest BCUT2D eigenvalue weighted by Gasteiger charge is 2.21. The number of halogens is 3. The van der Waals surface area contributed by atoms with Gasteiger partial charge in [0.1, 0.15) is 0 Å². The molecule has 0 saturated heterocycles. The van der Waals surface area contributed by atoms with Crippen LogP contribution in [0.1, 0.15) is 22.8 Å². The van der Waals surface area contributed by atoms with E-state index >= 15 is 0 Å². The second kappa shape index (κ2) is 6.65. The molecule has 2 aromatic carbocycles. The van der Waals surface area contributed by atoms with E-state index in [9.17, 15) is 13.6 Å². The Bertz CT molecular complexity index is 798. The van der Waals surface area contributed by atoms with Crippen LogP contribution in [-0.2, 0) is 6.54 Å². The van der Waals surface area contributed by atoms with E-state index in [4.69, 9.17) is 21.1 Å². The van der Waals surface area contributed by atoms with Crippen molar-refractivity contribution in [3.63, 3.8) is 0 Å². The summed E-state index contributed by atoms with van der Waals surface area (Å²) in [5.41, 5.74) is 0.756. The first kappa shape index (κ1) is 16.5. The number of amides is 1. The monoisotopic (exact) mass is 353 g/mol. The second-order valence-electron chi connectivity index (χ2n) is 5.25. The molecule has 1 aliphatic heterocycles. The summed E-state index contributed by atoms with van der Waals surface area (Å²) in [6, 6.07) is 6.99. The molecule has 0 fully saturated rings. The molecule has 0 atom stereocenters. The molecule has 3 rings (SSSR count). The van der Waals surface area contributed by atoms with E-state index in [1.54, 1.807) is 19.1 Å². The topological polar surface area (TPSA) is 38.8 Å². The quantitative estimate of drug-likeness (QED) is 0.780. The highest BCUT2D eigenvalue weighted by molar-refractivity contribution is 6.33. The molecule has 1 heterocycles. The minimum Gasteiger partial charge on any atom is -0.454 e. The molecule has 7 heteroatoms. The summed E-state index contributed by atoms with van der Waals surface area (Å²) in [4.78, 5) is 14.1. The number of carbonyl (C=O) groups excluding carboxylic acids is 1. The van der Waals surface area contributed by atoms with Crippen molar-refractivity contribution in [3.05, 3.63) is 58.1 Å². The molecule has 0 spiro atoms. The Morgan fingerprint density at radius 1 is 1.17 bits per heavy atom. The largest absolute Gasteiger partial charge is 0.454 e. The molecule has 0 N–H and O–H groups in total. The lowest BCUT2D eigenvalue weighted by atomic mass is 10.1. The van der Waals surface area contributed by atoms with Crippen molar-refractivity contribution in [3.8, 4) is 11.5 Å². The summed E-state index contributed by atoms with van der Waals surface area (Å²) in [7, 11) is 0. The van der Waals surface area contributed by atoms with Gasteiger partial charge in [-0.3, -0.25) is 4.79 Å². The van der Waals surface area contributed by atoms with E-state index < -0.39 is 17.5 Å². The lowest BCUT2D eigenvalue weighted by Gasteiger charge is -2.22. The van der Waals surface area contributed by atoms with Crippen LogP contribution in [0.5, 0.6) is 11.5 Å². The second-order valence-corrected chi connectivity index (χ2v) is 5.66. The molecule has 126 valence electrons. The number of nitrogens with zero attached hydrogens (tertiary/aromatic N) is 1. The average Bonchev–Trinajstić information content (AvgIpc) is 3.03. The van der Waals surface area contributed by atoms with E-state index in [-0.39, 0.29) is 23.9 Å². The van der Waals surface area contributed by atoms with Crippen LogP contribution in [0.3, 0.4) is 0 Å². The first-order valence-electron chi connectivity index (χ1n) is 7.32. The summed E-state index contributed by atoms with van der Waals surface area (Å²) in [5, 5.41) is -0.122. The highest BCUT2D eigenvalue weighted by atomic mass is 35.5. The van der Waals surface area contributed by atoms with Crippen molar-refractivity contribution in [1.29, 1.82) is 0 Å². The van der Waals surface area contributed by atoms with Gasteiger partial charge in [-0.25, -0.2) is 8.78 Å². The predicted octanol–water partition coefficient (Wildman–Crippen LogP) is 4.01. The predicted molar refractivity (Wildman–Crippen MR) is 84.3 cm³/mol. The van der Waals surface area contributed by atoms with Crippen LogP contribution in [0.25, 0.3) is 0 Å². The number of fused-ring (bicyclic) bond motifs is 1. The normalized spacial score (nSPS) is 12.3. The van der Waals surface area contributed by atoms with Gasteiger partial charge in [-0.05, 0) is 36.8 Å². The lowest BCUT2D eigenvalue weighted by molar-refractivity contribution is 0.0752. The lowest BCUT2D eigenvalue weighted by Crippen LogP contribution is -2.30. The zero-order valence-electron chi connectivity index (χ0n) is 12.8. The third-order valence-electron chi connectivity index (χ3n) is 3.72. The van der Waals surface area contributed by atoms with Gasteiger partial charge < -0.3 is 14.4 Å². The Balaban J connectivity index is 1.83. The van der Waals surface area contributed by atoms with Crippen LogP contribution in [0.2, 0.25) is 5.02 Å². The van der Waals surface area contributed by atoms with Crippen LogP contribution in [-0.4, -0.2) is 24.1 Å². The van der Waals surface area contributed by atoms with Gasteiger partial charge in [0, 0.05) is 13.1 Å². The summed E-state index contributed by atoms with van der Waals surface area (Å²) < 4.78 is 37.2. The number of rotatable bonds is 4. The van der Waals surface area contributed by atoms with Gasteiger partial charge in [0.05, 0.1) is 10.6 Å². The van der Waals surface area contributed by atoms with Gasteiger partial charge in [0.25, 0.3) is 5.91 Å². The van der Waals surface area contributed by atoms with Gasteiger partial charge in [0.2, 0.25) is 6.79 Å². The molecular formula is C17H14ClF2NO3. The smallest absolute Gasteiger partial charge is 0.255 e. The van der Waals surface area contributed by atoms with Crippen molar-refractivity contribution >= 4 is 17.5 Å². The summed E-state index contributed by atoms with van der Waals surface area (Å²) in [5.74, 6) is -1.41. The molecule has 0 saturated carbocycles. The standard InChI is InChI=1S/C17H14ClF2NO3/c1-2-21(8-10-3-4-15-16(5-10)24-9-23-15)17(22)11-6-13(19)14(20)7-12(11)18/h3-7H,2,8-9H2,1H3. The fourth-order valence-electron chi connectivity index (χ4n) is 2.44. The zero-order chi connectivity index (χ0) is 17.3. The molecule has 1 aliphatic rings. The van der Waals surface area contributed by atoms with Crippen LogP contribution in [0, 0.1) is 11.6 Å². The average molecular weight is 354 g/mol. The number of hydrogen-bond donors (Lipinski definition) is 0. The minimum atomic E-state index is -1.11. The zero-order valence-corrected chi connectivity index (χ0v) is 13.6. The Hall–Kier alpha value is -2.34. The van der Waals surface area contributed by atoms with Crippen molar-refractivity contribution < 1.29 is 23.0 Å². The van der Waals surface area contributed by atoms with Crippen molar-refractivity contribution in [2.45, 2.75) is 13.5 Å². The first-order valence-corrected chi connectivity index (χ1v) is 7.69. The maximum absolute atomic E-state index is 13.4. The van der Waals surface area contributed by atoms with Gasteiger partial charge in [-0.15, -0.1) is 0 Å². The molecular weight excluding hydrogens is 340 g/mol. The highest BCUT2D eigenvalue weighted by Crippen LogP contribution is 2.33. The van der Waals surface area contributed by atoms with Crippen LogP contribution in [0.15, 0.2) is 30.3 Å². The van der Waals surface area contributed by atoms with Gasteiger partial charge in [-0.2, -0.15) is 0 Å². The third kappa shape index (κ3) is 3.14. The van der Waals surface area contributed by atoms with Crippen LogP contribution >= 0.6 is 11.6 Å². The summed E-state index contributed by atoms with van der Waals surface area (Å²) >= 11 is 5.89. The molecule has 4 nitrogen and oxygen atoms in total. The number of benzene rings is 2. The van der Waals surface area contributed by atoms with Crippen molar-refractivity contribution in [2.24, 2.45) is 0 Å². The maximum Gasteiger partial charge on any atom is 0.255 e. The van der Waals surface area contributed by atoms with E-state index in [0.717, 1.165) is 17.7 Å². The molecule has 0 radical (unpaired) electrons. The molecule has 1 amide bonds. The van der Waals surface area contributed by atoms with Crippen molar-refractivity contribution in [1.82, 2.24) is 4.90 Å². The summed E-state index contributed by atoms with van der Waals surface area (Å²) in [6.07, 6.45) is 0. The number of hydrogen-bond acceptors (Lipinski definition) is 3. The van der Waals surface area contributed by atoms with E-state index in [2.05, 4.69) is 0 Å². The van der Waals surface area contributed by atoms with Crippen LogP contribution in [0.4, 0.5) is 8.78 Å². The molecule has 0 bridgehead atoms. The maximum atomic E-state index is 13.4.